The molecule has 1 fully saturated rings. The monoisotopic (exact) mass is 312 g/mol. The number of nitrogens with zero attached hydrogens (tertiary/aromatic N) is 2. The van der Waals surface area contributed by atoms with Crippen molar-refractivity contribution >= 4 is 18.3 Å². The maximum atomic E-state index is 12.1. The van der Waals surface area contributed by atoms with E-state index in [0.29, 0.717) is 6.54 Å². The predicted molar refractivity (Wildman–Crippen MR) is 86.6 cm³/mol. The molecule has 1 aliphatic heterocycles. The molecule has 2 heterocycles. The molecule has 2 unspecified atom stereocenters. The Morgan fingerprint density at radius 3 is 3.10 bits per heavy atom. The zero-order valence-electron chi connectivity index (χ0n) is 12.7. The van der Waals surface area contributed by atoms with Gasteiger partial charge in [-0.05, 0) is 25.0 Å². The number of halogens is 1. The standard InChI is InChI=1S/C15H24N4O.ClH/c1-3-12(2)18-15(20)11-19-8-7-17-10-14(19)13-5-4-6-16-9-13;/h4-6,9,12,14,17H,3,7-8,10-11H2,1-2H3,(H,18,20);1H. The van der Waals surface area contributed by atoms with Crippen LogP contribution in [0, 0.1) is 0 Å². The first-order valence-corrected chi connectivity index (χ1v) is 7.34. The molecular formula is C15H25ClN4O. The van der Waals surface area contributed by atoms with Crippen LogP contribution in [-0.4, -0.2) is 48.0 Å². The average Bonchev–Trinajstić information content (AvgIpc) is 2.48. The number of aromatic nitrogens is 1. The smallest absolute Gasteiger partial charge is 0.234 e. The molecule has 0 bridgehead atoms. The van der Waals surface area contributed by atoms with Crippen LogP contribution < -0.4 is 10.6 Å². The van der Waals surface area contributed by atoms with Gasteiger partial charge in [0.2, 0.25) is 5.91 Å². The largest absolute Gasteiger partial charge is 0.353 e. The molecule has 6 heteroatoms. The number of pyridine rings is 1. The maximum absolute atomic E-state index is 12.1. The second-order valence-corrected chi connectivity index (χ2v) is 5.35. The molecule has 1 amide bonds. The first kappa shape index (κ1) is 17.9. The molecule has 5 nitrogen and oxygen atoms in total. The first-order valence-electron chi connectivity index (χ1n) is 7.34. The molecule has 1 aromatic rings. The first-order chi connectivity index (χ1) is 9.70. The Balaban J connectivity index is 0.00000220. The SMILES string of the molecule is CCC(C)NC(=O)CN1CCNCC1c1cccnc1.Cl. The van der Waals surface area contributed by atoms with Crippen molar-refractivity contribution in [2.45, 2.75) is 32.4 Å². The van der Waals surface area contributed by atoms with E-state index in [2.05, 4.69) is 33.5 Å². The molecule has 1 aliphatic rings. The Hall–Kier alpha value is -1.17. The Morgan fingerprint density at radius 1 is 1.62 bits per heavy atom. The van der Waals surface area contributed by atoms with Crippen LogP contribution in [0.25, 0.3) is 0 Å². The van der Waals surface area contributed by atoms with Gasteiger partial charge in [0, 0.05) is 44.1 Å². The summed E-state index contributed by atoms with van der Waals surface area (Å²) in [6, 6.07) is 4.48. The van der Waals surface area contributed by atoms with E-state index in [0.717, 1.165) is 31.6 Å². The van der Waals surface area contributed by atoms with Crippen molar-refractivity contribution in [3.63, 3.8) is 0 Å². The molecule has 1 aromatic heterocycles. The Bertz CT molecular complexity index is 429. The van der Waals surface area contributed by atoms with Gasteiger partial charge in [0.1, 0.15) is 0 Å². The number of hydrogen-bond acceptors (Lipinski definition) is 4. The molecule has 2 rings (SSSR count). The van der Waals surface area contributed by atoms with Crippen molar-refractivity contribution in [1.29, 1.82) is 0 Å². The fraction of sp³-hybridized carbons (Fsp3) is 0.600. The van der Waals surface area contributed by atoms with Gasteiger partial charge in [0.25, 0.3) is 0 Å². The lowest BCUT2D eigenvalue weighted by Gasteiger charge is -2.36. The Labute approximate surface area is 132 Å². The summed E-state index contributed by atoms with van der Waals surface area (Å²) >= 11 is 0. The molecular weight excluding hydrogens is 288 g/mol. The van der Waals surface area contributed by atoms with Crippen LogP contribution in [0.1, 0.15) is 31.9 Å². The second kappa shape index (κ2) is 8.97. The van der Waals surface area contributed by atoms with E-state index in [1.54, 1.807) is 6.20 Å². The van der Waals surface area contributed by atoms with Gasteiger partial charge in [0.05, 0.1) is 6.54 Å². The van der Waals surface area contributed by atoms with Gasteiger partial charge in [0.15, 0.2) is 0 Å². The minimum absolute atomic E-state index is 0. The summed E-state index contributed by atoms with van der Waals surface area (Å²) < 4.78 is 0. The van der Waals surface area contributed by atoms with Crippen LogP contribution in [0.5, 0.6) is 0 Å². The number of nitrogens with one attached hydrogen (secondary N) is 2. The Kier molecular flexibility index (Phi) is 7.64. The zero-order chi connectivity index (χ0) is 14.4. The summed E-state index contributed by atoms with van der Waals surface area (Å²) in [6.07, 6.45) is 4.62. The summed E-state index contributed by atoms with van der Waals surface area (Å²) in [7, 11) is 0. The lowest BCUT2D eigenvalue weighted by Crippen LogP contribution is -2.50. The van der Waals surface area contributed by atoms with Crippen molar-refractivity contribution in [1.82, 2.24) is 20.5 Å². The number of carbonyl (C=O) groups is 1. The molecule has 0 saturated carbocycles. The highest BCUT2D eigenvalue weighted by atomic mass is 35.5. The number of piperazine rings is 1. The van der Waals surface area contributed by atoms with E-state index in [4.69, 9.17) is 0 Å². The topological polar surface area (TPSA) is 57.3 Å². The number of carbonyl (C=O) groups excluding carboxylic acids is 1. The molecule has 0 radical (unpaired) electrons. The second-order valence-electron chi connectivity index (χ2n) is 5.35. The minimum Gasteiger partial charge on any atom is -0.353 e. The normalized spacial score (nSPS) is 20.4. The highest BCUT2D eigenvalue weighted by molar-refractivity contribution is 5.85. The van der Waals surface area contributed by atoms with Crippen molar-refractivity contribution in [3.05, 3.63) is 30.1 Å². The predicted octanol–water partition coefficient (Wildman–Crippen LogP) is 1.36. The van der Waals surface area contributed by atoms with Crippen LogP contribution in [0.4, 0.5) is 0 Å². The van der Waals surface area contributed by atoms with E-state index in [1.165, 1.54) is 0 Å². The molecule has 2 atom stereocenters. The molecule has 118 valence electrons. The third-order valence-electron chi connectivity index (χ3n) is 3.79. The van der Waals surface area contributed by atoms with Gasteiger partial charge in [-0.2, -0.15) is 0 Å². The number of rotatable bonds is 5. The van der Waals surface area contributed by atoms with Gasteiger partial charge < -0.3 is 10.6 Å². The number of hydrogen-bond donors (Lipinski definition) is 2. The van der Waals surface area contributed by atoms with Gasteiger partial charge >= 0.3 is 0 Å². The molecule has 1 saturated heterocycles. The molecule has 0 spiro atoms. The summed E-state index contributed by atoms with van der Waals surface area (Å²) in [5.41, 5.74) is 1.16. The average molecular weight is 313 g/mol. The Morgan fingerprint density at radius 2 is 2.43 bits per heavy atom. The molecule has 0 aliphatic carbocycles. The third kappa shape index (κ3) is 5.26. The number of amides is 1. The fourth-order valence-electron chi connectivity index (χ4n) is 2.44. The van der Waals surface area contributed by atoms with E-state index in [1.807, 2.05) is 19.2 Å². The van der Waals surface area contributed by atoms with E-state index in [-0.39, 0.29) is 30.4 Å². The lowest BCUT2D eigenvalue weighted by molar-refractivity contribution is -0.123. The van der Waals surface area contributed by atoms with Crippen molar-refractivity contribution in [2.75, 3.05) is 26.2 Å². The third-order valence-corrected chi connectivity index (χ3v) is 3.79. The summed E-state index contributed by atoms with van der Waals surface area (Å²) in [4.78, 5) is 18.5. The van der Waals surface area contributed by atoms with E-state index < -0.39 is 0 Å². The van der Waals surface area contributed by atoms with Crippen molar-refractivity contribution in [3.8, 4) is 0 Å². The van der Waals surface area contributed by atoms with E-state index >= 15 is 0 Å². The summed E-state index contributed by atoms with van der Waals surface area (Å²) in [6.45, 7) is 7.23. The van der Waals surface area contributed by atoms with Crippen LogP contribution in [-0.2, 0) is 4.79 Å². The van der Waals surface area contributed by atoms with Crippen molar-refractivity contribution < 1.29 is 4.79 Å². The highest BCUT2D eigenvalue weighted by Crippen LogP contribution is 2.20. The van der Waals surface area contributed by atoms with Crippen LogP contribution >= 0.6 is 12.4 Å². The van der Waals surface area contributed by atoms with Gasteiger partial charge in [-0.15, -0.1) is 12.4 Å². The van der Waals surface area contributed by atoms with Gasteiger partial charge in [-0.3, -0.25) is 14.7 Å². The van der Waals surface area contributed by atoms with Crippen LogP contribution in [0.15, 0.2) is 24.5 Å². The molecule has 2 N–H and O–H groups in total. The lowest BCUT2D eigenvalue weighted by atomic mass is 10.1. The van der Waals surface area contributed by atoms with Gasteiger partial charge in [-0.25, -0.2) is 0 Å². The quantitative estimate of drug-likeness (QED) is 0.862. The van der Waals surface area contributed by atoms with E-state index in [9.17, 15) is 4.79 Å². The van der Waals surface area contributed by atoms with Crippen LogP contribution in [0.3, 0.4) is 0 Å². The van der Waals surface area contributed by atoms with Crippen molar-refractivity contribution in [2.24, 2.45) is 0 Å². The summed E-state index contributed by atoms with van der Waals surface area (Å²) in [5, 5.41) is 6.42. The molecule has 0 aromatic carbocycles. The maximum Gasteiger partial charge on any atom is 0.234 e. The minimum atomic E-state index is 0. The van der Waals surface area contributed by atoms with Gasteiger partial charge in [-0.1, -0.05) is 13.0 Å². The summed E-state index contributed by atoms with van der Waals surface area (Å²) in [5.74, 6) is 0.107. The van der Waals surface area contributed by atoms with Crippen LogP contribution in [0.2, 0.25) is 0 Å². The zero-order valence-corrected chi connectivity index (χ0v) is 13.5. The highest BCUT2D eigenvalue weighted by Gasteiger charge is 2.25. The molecule has 21 heavy (non-hydrogen) atoms. The fourth-order valence-corrected chi connectivity index (χ4v) is 2.44.